The SMILES string of the molecule is O=C(CN(c1cccc(C(F)(F)F)c1)S(=O)(=O)c1ccccc1)Nc1nnc(SCc2ccccc2)s1. The molecule has 37 heavy (non-hydrogen) atoms. The standard InChI is InChI=1S/C24H19F3N4O3S3/c25-24(26,27)18-10-7-11-19(14-18)31(37(33,34)20-12-5-2-6-13-20)15-21(32)28-22-29-30-23(36-22)35-16-17-8-3-1-4-9-17/h1-14H,15-16H2,(H,28,29,32). The first-order valence-corrected chi connectivity index (χ1v) is 13.9. The second-order valence-electron chi connectivity index (χ2n) is 7.57. The molecule has 0 bridgehead atoms. The van der Waals surface area contributed by atoms with Crippen molar-refractivity contribution >= 4 is 49.8 Å². The van der Waals surface area contributed by atoms with Crippen molar-refractivity contribution in [1.29, 1.82) is 0 Å². The number of sulfonamides is 1. The van der Waals surface area contributed by atoms with E-state index in [0.29, 0.717) is 20.5 Å². The van der Waals surface area contributed by atoms with Crippen LogP contribution in [0.4, 0.5) is 24.0 Å². The third-order valence-corrected chi connectivity index (χ3v) is 8.77. The van der Waals surface area contributed by atoms with Crippen LogP contribution in [0.3, 0.4) is 0 Å². The molecule has 1 amide bonds. The number of hydrogen-bond donors (Lipinski definition) is 1. The van der Waals surface area contributed by atoms with E-state index in [4.69, 9.17) is 0 Å². The molecular weight excluding hydrogens is 545 g/mol. The molecule has 4 rings (SSSR count). The van der Waals surface area contributed by atoms with Gasteiger partial charge in [0, 0.05) is 5.75 Å². The minimum Gasteiger partial charge on any atom is -0.299 e. The highest BCUT2D eigenvalue weighted by molar-refractivity contribution is 8.00. The smallest absolute Gasteiger partial charge is 0.299 e. The minimum absolute atomic E-state index is 0.140. The summed E-state index contributed by atoms with van der Waals surface area (Å²) in [4.78, 5) is 12.7. The molecule has 0 unspecified atom stereocenters. The van der Waals surface area contributed by atoms with Gasteiger partial charge in [0.15, 0.2) is 4.34 Å². The van der Waals surface area contributed by atoms with Crippen LogP contribution in [0.25, 0.3) is 0 Å². The number of rotatable bonds is 9. The van der Waals surface area contributed by atoms with Crippen molar-refractivity contribution in [2.45, 2.75) is 21.2 Å². The summed E-state index contributed by atoms with van der Waals surface area (Å²) in [6, 6.07) is 20.6. The zero-order valence-corrected chi connectivity index (χ0v) is 21.4. The van der Waals surface area contributed by atoms with Crippen LogP contribution in [-0.4, -0.2) is 31.1 Å². The highest BCUT2D eigenvalue weighted by atomic mass is 32.2. The lowest BCUT2D eigenvalue weighted by Crippen LogP contribution is -2.38. The van der Waals surface area contributed by atoms with Crippen LogP contribution in [0.15, 0.2) is 94.2 Å². The molecule has 4 aromatic rings. The number of benzene rings is 3. The Morgan fingerprint density at radius 3 is 2.30 bits per heavy atom. The Labute approximate surface area is 219 Å². The largest absolute Gasteiger partial charge is 0.416 e. The van der Waals surface area contributed by atoms with Gasteiger partial charge in [0.2, 0.25) is 11.0 Å². The van der Waals surface area contributed by atoms with Gasteiger partial charge in [-0.1, -0.05) is 77.7 Å². The van der Waals surface area contributed by atoms with E-state index in [0.717, 1.165) is 29.0 Å². The van der Waals surface area contributed by atoms with Gasteiger partial charge in [-0.3, -0.25) is 14.4 Å². The van der Waals surface area contributed by atoms with E-state index < -0.39 is 34.2 Å². The van der Waals surface area contributed by atoms with Gasteiger partial charge in [-0.05, 0) is 35.9 Å². The first-order valence-electron chi connectivity index (χ1n) is 10.7. The van der Waals surface area contributed by atoms with E-state index in [-0.39, 0.29) is 15.7 Å². The van der Waals surface area contributed by atoms with Gasteiger partial charge in [-0.25, -0.2) is 8.42 Å². The van der Waals surface area contributed by atoms with E-state index in [1.807, 2.05) is 30.3 Å². The molecule has 7 nitrogen and oxygen atoms in total. The van der Waals surface area contributed by atoms with Crippen molar-refractivity contribution in [3.05, 3.63) is 96.1 Å². The lowest BCUT2D eigenvalue weighted by atomic mass is 10.2. The molecule has 13 heteroatoms. The number of hydrogen-bond acceptors (Lipinski definition) is 7. The van der Waals surface area contributed by atoms with Gasteiger partial charge in [0.25, 0.3) is 10.0 Å². The van der Waals surface area contributed by atoms with Gasteiger partial charge in [0.1, 0.15) is 6.54 Å². The molecule has 1 N–H and O–H groups in total. The molecule has 3 aromatic carbocycles. The summed E-state index contributed by atoms with van der Waals surface area (Å²) in [5.74, 6) is -0.144. The fraction of sp³-hybridized carbons (Fsp3) is 0.125. The monoisotopic (exact) mass is 564 g/mol. The first kappa shape index (κ1) is 26.6. The molecule has 0 saturated carbocycles. The molecule has 192 valence electrons. The molecule has 0 fully saturated rings. The summed E-state index contributed by atoms with van der Waals surface area (Å²) in [5.41, 5.74) is -0.260. The van der Waals surface area contributed by atoms with E-state index >= 15 is 0 Å². The zero-order valence-electron chi connectivity index (χ0n) is 18.9. The number of halogens is 3. The maximum absolute atomic E-state index is 13.3. The Hall–Kier alpha value is -3.42. The highest BCUT2D eigenvalue weighted by Gasteiger charge is 2.33. The topological polar surface area (TPSA) is 92.3 Å². The normalized spacial score (nSPS) is 11.8. The summed E-state index contributed by atoms with van der Waals surface area (Å²) in [6.07, 6.45) is -4.69. The summed E-state index contributed by atoms with van der Waals surface area (Å²) < 4.78 is 67.8. The van der Waals surface area contributed by atoms with Crippen molar-refractivity contribution < 1.29 is 26.4 Å². The Morgan fingerprint density at radius 2 is 1.62 bits per heavy atom. The number of amides is 1. The molecule has 0 aliphatic heterocycles. The van der Waals surface area contributed by atoms with Crippen LogP contribution in [-0.2, 0) is 26.7 Å². The maximum Gasteiger partial charge on any atom is 0.416 e. The van der Waals surface area contributed by atoms with Gasteiger partial charge < -0.3 is 0 Å². The Morgan fingerprint density at radius 1 is 0.946 bits per heavy atom. The lowest BCUT2D eigenvalue weighted by Gasteiger charge is -2.24. The van der Waals surface area contributed by atoms with Crippen molar-refractivity contribution in [3.8, 4) is 0 Å². The van der Waals surface area contributed by atoms with Crippen LogP contribution < -0.4 is 9.62 Å². The second-order valence-corrected chi connectivity index (χ2v) is 11.6. The highest BCUT2D eigenvalue weighted by Crippen LogP contribution is 2.33. The average Bonchev–Trinajstić information content (AvgIpc) is 3.34. The van der Waals surface area contributed by atoms with Gasteiger partial charge in [-0.2, -0.15) is 13.2 Å². The quantitative estimate of drug-likeness (QED) is 0.208. The van der Waals surface area contributed by atoms with Crippen molar-refractivity contribution in [2.24, 2.45) is 0 Å². The predicted molar refractivity (Wildman–Crippen MR) is 137 cm³/mol. The summed E-state index contributed by atoms with van der Waals surface area (Å²) in [5, 5.41) is 10.6. The number of carbonyl (C=O) groups excluding carboxylic acids is 1. The van der Waals surface area contributed by atoms with Crippen LogP contribution in [0, 0.1) is 0 Å². The number of thioether (sulfide) groups is 1. The fourth-order valence-corrected chi connectivity index (χ4v) is 6.36. The zero-order chi connectivity index (χ0) is 26.5. The van der Waals surface area contributed by atoms with Crippen LogP contribution in [0.2, 0.25) is 0 Å². The Balaban J connectivity index is 1.54. The molecule has 1 aromatic heterocycles. The third-order valence-electron chi connectivity index (χ3n) is 4.94. The molecule has 0 atom stereocenters. The van der Waals surface area contributed by atoms with Crippen LogP contribution in [0.5, 0.6) is 0 Å². The maximum atomic E-state index is 13.3. The van der Waals surface area contributed by atoms with Crippen LogP contribution >= 0.6 is 23.1 Å². The van der Waals surface area contributed by atoms with Gasteiger partial charge in [0.05, 0.1) is 16.1 Å². The first-order chi connectivity index (χ1) is 17.6. The summed E-state index contributed by atoms with van der Waals surface area (Å²) >= 11 is 2.52. The Bertz CT molecular complexity index is 1460. The van der Waals surface area contributed by atoms with E-state index in [1.54, 1.807) is 6.07 Å². The number of alkyl halides is 3. The van der Waals surface area contributed by atoms with Crippen molar-refractivity contribution in [3.63, 3.8) is 0 Å². The predicted octanol–water partition coefficient (Wildman–Crippen LogP) is 5.68. The van der Waals surface area contributed by atoms with Crippen molar-refractivity contribution in [1.82, 2.24) is 10.2 Å². The molecule has 0 saturated heterocycles. The Kier molecular flexibility index (Phi) is 8.15. The molecule has 0 aliphatic carbocycles. The number of anilines is 2. The average molecular weight is 565 g/mol. The summed E-state index contributed by atoms with van der Waals surface area (Å²) in [6.45, 7) is -0.773. The minimum atomic E-state index is -4.69. The fourth-order valence-electron chi connectivity index (χ4n) is 3.20. The van der Waals surface area contributed by atoms with E-state index in [9.17, 15) is 26.4 Å². The number of nitrogens with one attached hydrogen (secondary N) is 1. The van der Waals surface area contributed by atoms with Gasteiger partial charge in [-0.15, -0.1) is 10.2 Å². The summed E-state index contributed by atoms with van der Waals surface area (Å²) in [7, 11) is -4.37. The van der Waals surface area contributed by atoms with Crippen molar-refractivity contribution in [2.75, 3.05) is 16.2 Å². The molecule has 0 spiro atoms. The molecule has 0 radical (unpaired) electrons. The van der Waals surface area contributed by atoms with Gasteiger partial charge >= 0.3 is 6.18 Å². The third kappa shape index (κ3) is 6.87. The lowest BCUT2D eigenvalue weighted by molar-refractivity contribution is -0.137. The molecule has 0 aliphatic rings. The second kappa shape index (κ2) is 11.3. The van der Waals surface area contributed by atoms with Crippen LogP contribution in [0.1, 0.15) is 11.1 Å². The van der Waals surface area contributed by atoms with E-state index in [2.05, 4.69) is 15.5 Å². The molecule has 1 heterocycles. The van der Waals surface area contributed by atoms with E-state index in [1.165, 1.54) is 42.1 Å². The molecular formula is C24H19F3N4O3S3. The number of carbonyl (C=O) groups is 1. The number of nitrogens with zero attached hydrogens (tertiary/aromatic N) is 3. The number of aromatic nitrogens is 2.